The summed E-state index contributed by atoms with van der Waals surface area (Å²) < 4.78 is 1.90. The van der Waals surface area contributed by atoms with Crippen LogP contribution in [0.1, 0.15) is 49.9 Å². The summed E-state index contributed by atoms with van der Waals surface area (Å²) in [5.74, 6) is 2.48. The number of nitrogens with zero attached hydrogens (tertiary/aromatic N) is 3. The third kappa shape index (κ3) is 3.59. The standard InChI is InChI=1S/C22H27N5O/c1-14(2)15-7-9-16(10-8-15)25-22-24-12-11-20(26-22)27-13-18(21(23)28)17-5-3-4-6-19(17)27/h3-6,11-16H,7-10H2,1-2H3,(H2,23,28)(H,24,25,26)/t15-,16-. The normalized spacial score (nSPS) is 19.8. The summed E-state index contributed by atoms with van der Waals surface area (Å²) in [6.07, 6.45) is 8.30. The Hall–Kier alpha value is -2.89. The van der Waals surface area contributed by atoms with Crippen LogP contribution < -0.4 is 11.1 Å². The van der Waals surface area contributed by atoms with E-state index in [4.69, 9.17) is 10.7 Å². The van der Waals surface area contributed by atoms with Gasteiger partial charge in [-0.1, -0.05) is 32.0 Å². The van der Waals surface area contributed by atoms with E-state index in [1.165, 1.54) is 12.8 Å². The number of hydrogen-bond donors (Lipinski definition) is 2. The number of amides is 1. The Labute approximate surface area is 165 Å². The van der Waals surface area contributed by atoms with Crippen LogP contribution in [-0.4, -0.2) is 26.5 Å². The lowest BCUT2D eigenvalue weighted by atomic mass is 9.80. The molecule has 1 amide bonds. The molecule has 0 atom stereocenters. The van der Waals surface area contributed by atoms with Crippen LogP contribution >= 0.6 is 0 Å². The number of carbonyl (C=O) groups is 1. The molecule has 3 N–H and O–H groups in total. The Morgan fingerprint density at radius 2 is 1.93 bits per heavy atom. The summed E-state index contributed by atoms with van der Waals surface area (Å²) in [5, 5.41) is 4.33. The largest absolute Gasteiger partial charge is 0.366 e. The zero-order valence-corrected chi connectivity index (χ0v) is 16.4. The van der Waals surface area contributed by atoms with Gasteiger partial charge in [-0.05, 0) is 49.7 Å². The average Bonchev–Trinajstić information content (AvgIpc) is 3.09. The topological polar surface area (TPSA) is 85.8 Å². The quantitative estimate of drug-likeness (QED) is 0.699. The van der Waals surface area contributed by atoms with Crippen molar-refractivity contribution >= 4 is 22.8 Å². The van der Waals surface area contributed by atoms with Crippen LogP contribution in [0.25, 0.3) is 16.7 Å². The molecule has 0 radical (unpaired) electrons. The van der Waals surface area contributed by atoms with Crippen molar-refractivity contribution in [2.45, 2.75) is 45.6 Å². The minimum Gasteiger partial charge on any atom is -0.366 e. The van der Waals surface area contributed by atoms with Gasteiger partial charge in [0.1, 0.15) is 5.82 Å². The molecular weight excluding hydrogens is 350 g/mol. The van der Waals surface area contributed by atoms with E-state index in [1.54, 1.807) is 12.4 Å². The fourth-order valence-electron chi connectivity index (χ4n) is 4.23. The van der Waals surface area contributed by atoms with E-state index in [0.29, 0.717) is 17.6 Å². The Kier molecular flexibility index (Phi) is 5.03. The number of rotatable bonds is 5. The number of nitrogens with one attached hydrogen (secondary N) is 1. The number of primary amides is 1. The fraction of sp³-hybridized carbons (Fsp3) is 0.409. The van der Waals surface area contributed by atoms with E-state index in [2.05, 4.69) is 24.1 Å². The predicted octanol–water partition coefficient (Wildman–Crippen LogP) is 4.15. The van der Waals surface area contributed by atoms with Gasteiger partial charge in [-0.3, -0.25) is 4.79 Å². The summed E-state index contributed by atoms with van der Waals surface area (Å²) in [6, 6.07) is 9.96. The Bertz CT molecular complexity index is 986. The van der Waals surface area contributed by atoms with Gasteiger partial charge in [0.25, 0.3) is 5.91 Å². The van der Waals surface area contributed by atoms with Crippen LogP contribution in [0.15, 0.2) is 42.7 Å². The maximum atomic E-state index is 11.8. The van der Waals surface area contributed by atoms with Crippen LogP contribution in [0.3, 0.4) is 0 Å². The molecular formula is C22H27N5O. The van der Waals surface area contributed by atoms with E-state index in [0.717, 1.165) is 41.4 Å². The molecule has 6 heteroatoms. The molecule has 1 aliphatic carbocycles. The summed E-state index contributed by atoms with van der Waals surface area (Å²) in [5.41, 5.74) is 6.96. The minimum atomic E-state index is -0.440. The van der Waals surface area contributed by atoms with Gasteiger partial charge in [-0.25, -0.2) is 4.98 Å². The highest BCUT2D eigenvalue weighted by molar-refractivity contribution is 6.06. The molecule has 0 bridgehead atoms. The van der Waals surface area contributed by atoms with Gasteiger partial charge in [0.15, 0.2) is 0 Å². The zero-order chi connectivity index (χ0) is 19.7. The highest BCUT2D eigenvalue weighted by Gasteiger charge is 2.23. The first-order chi connectivity index (χ1) is 13.5. The van der Waals surface area contributed by atoms with Gasteiger partial charge in [0.2, 0.25) is 5.95 Å². The molecule has 0 spiro atoms. The number of carbonyl (C=O) groups excluding carboxylic acids is 1. The van der Waals surface area contributed by atoms with Crippen LogP contribution in [0, 0.1) is 11.8 Å². The van der Waals surface area contributed by atoms with Crippen molar-refractivity contribution in [1.29, 1.82) is 0 Å². The second-order valence-corrected chi connectivity index (χ2v) is 8.03. The van der Waals surface area contributed by atoms with Gasteiger partial charge < -0.3 is 15.6 Å². The van der Waals surface area contributed by atoms with Crippen molar-refractivity contribution in [2.24, 2.45) is 17.6 Å². The number of nitrogens with two attached hydrogens (primary N) is 1. The first-order valence-electron chi connectivity index (χ1n) is 10.0. The van der Waals surface area contributed by atoms with E-state index >= 15 is 0 Å². The van der Waals surface area contributed by atoms with Crippen molar-refractivity contribution in [3.63, 3.8) is 0 Å². The monoisotopic (exact) mass is 377 g/mol. The van der Waals surface area contributed by atoms with Crippen molar-refractivity contribution in [3.8, 4) is 5.82 Å². The van der Waals surface area contributed by atoms with Crippen molar-refractivity contribution in [2.75, 3.05) is 5.32 Å². The minimum absolute atomic E-state index is 0.410. The average molecular weight is 377 g/mol. The molecule has 2 aromatic heterocycles. The maximum absolute atomic E-state index is 11.8. The van der Waals surface area contributed by atoms with E-state index in [-0.39, 0.29) is 0 Å². The van der Waals surface area contributed by atoms with Crippen molar-refractivity contribution in [3.05, 3.63) is 48.3 Å². The Balaban J connectivity index is 1.58. The fourth-order valence-corrected chi connectivity index (χ4v) is 4.23. The summed E-state index contributed by atoms with van der Waals surface area (Å²) in [4.78, 5) is 20.9. The van der Waals surface area contributed by atoms with Gasteiger partial charge in [0, 0.05) is 23.8 Å². The number of anilines is 1. The number of aromatic nitrogens is 3. The number of benzene rings is 1. The summed E-state index contributed by atoms with van der Waals surface area (Å²) >= 11 is 0. The zero-order valence-electron chi connectivity index (χ0n) is 16.4. The molecule has 0 unspecified atom stereocenters. The first kappa shape index (κ1) is 18.5. The first-order valence-corrected chi connectivity index (χ1v) is 10.0. The highest BCUT2D eigenvalue weighted by Crippen LogP contribution is 2.31. The van der Waals surface area contributed by atoms with Gasteiger partial charge in [0.05, 0.1) is 11.1 Å². The van der Waals surface area contributed by atoms with Crippen molar-refractivity contribution in [1.82, 2.24) is 14.5 Å². The lowest BCUT2D eigenvalue weighted by Crippen LogP contribution is -2.28. The molecule has 0 aliphatic heterocycles. The van der Waals surface area contributed by atoms with Crippen LogP contribution in [0.4, 0.5) is 5.95 Å². The number of para-hydroxylation sites is 1. The lowest BCUT2D eigenvalue weighted by Gasteiger charge is -2.31. The maximum Gasteiger partial charge on any atom is 0.250 e. The lowest BCUT2D eigenvalue weighted by molar-refractivity contribution is 0.100. The smallest absolute Gasteiger partial charge is 0.250 e. The van der Waals surface area contributed by atoms with E-state index < -0.39 is 5.91 Å². The molecule has 146 valence electrons. The van der Waals surface area contributed by atoms with E-state index in [9.17, 15) is 4.79 Å². The molecule has 1 saturated carbocycles. The Morgan fingerprint density at radius 1 is 1.18 bits per heavy atom. The molecule has 0 saturated heterocycles. The Morgan fingerprint density at radius 3 is 2.64 bits per heavy atom. The molecule has 2 heterocycles. The molecule has 1 fully saturated rings. The second kappa shape index (κ2) is 7.62. The van der Waals surface area contributed by atoms with Gasteiger partial charge in [-0.15, -0.1) is 0 Å². The van der Waals surface area contributed by atoms with Crippen LogP contribution in [0.2, 0.25) is 0 Å². The molecule has 3 aromatic rings. The summed E-state index contributed by atoms with van der Waals surface area (Å²) in [7, 11) is 0. The van der Waals surface area contributed by atoms with Gasteiger partial charge >= 0.3 is 0 Å². The summed E-state index contributed by atoms with van der Waals surface area (Å²) in [6.45, 7) is 4.62. The number of fused-ring (bicyclic) bond motifs is 1. The third-order valence-electron chi connectivity index (χ3n) is 5.91. The second-order valence-electron chi connectivity index (χ2n) is 8.03. The number of hydrogen-bond acceptors (Lipinski definition) is 4. The van der Waals surface area contributed by atoms with Crippen LogP contribution in [0.5, 0.6) is 0 Å². The van der Waals surface area contributed by atoms with Gasteiger partial charge in [-0.2, -0.15) is 4.98 Å². The molecule has 4 rings (SSSR count). The van der Waals surface area contributed by atoms with Crippen LogP contribution in [-0.2, 0) is 0 Å². The third-order valence-corrected chi connectivity index (χ3v) is 5.91. The van der Waals surface area contributed by atoms with E-state index in [1.807, 2.05) is 34.9 Å². The molecule has 28 heavy (non-hydrogen) atoms. The van der Waals surface area contributed by atoms with Crippen molar-refractivity contribution < 1.29 is 4.79 Å². The highest BCUT2D eigenvalue weighted by atomic mass is 16.1. The predicted molar refractivity (Wildman–Crippen MR) is 112 cm³/mol. The molecule has 1 aromatic carbocycles. The SMILES string of the molecule is CC(C)[C@H]1CC[C@H](Nc2nccc(-n3cc(C(N)=O)c4ccccc43)n2)CC1. The molecule has 1 aliphatic rings. The molecule has 6 nitrogen and oxygen atoms in total.